The van der Waals surface area contributed by atoms with Crippen molar-refractivity contribution in [2.24, 2.45) is 5.92 Å². The third kappa shape index (κ3) is 7.37. The van der Waals surface area contributed by atoms with E-state index in [9.17, 15) is 9.59 Å². The van der Waals surface area contributed by atoms with Crippen LogP contribution in [-0.2, 0) is 16.1 Å². The summed E-state index contributed by atoms with van der Waals surface area (Å²) in [5, 5.41) is 2.90. The molecule has 0 bridgehead atoms. The standard InChI is InChI=1S/C23H29BrN2O4/c1-16(2)13-25-23(28)17(3)26(14-18-6-5-7-21(12-18)29-4)22(27)15-30-20-10-8-19(24)9-11-20/h5-12,16-17H,13-15H2,1-4H3,(H,25,28). The number of amides is 2. The van der Waals surface area contributed by atoms with E-state index in [4.69, 9.17) is 9.47 Å². The molecule has 6 nitrogen and oxygen atoms in total. The molecule has 2 amide bonds. The number of hydrogen-bond acceptors (Lipinski definition) is 4. The van der Waals surface area contributed by atoms with Gasteiger partial charge in [0.25, 0.3) is 5.91 Å². The highest BCUT2D eigenvalue weighted by Gasteiger charge is 2.26. The monoisotopic (exact) mass is 476 g/mol. The molecule has 0 saturated carbocycles. The minimum atomic E-state index is -0.643. The van der Waals surface area contributed by atoms with Gasteiger partial charge in [0.15, 0.2) is 6.61 Å². The topological polar surface area (TPSA) is 67.9 Å². The lowest BCUT2D eigenvalue weighted by atomic mass is 10.1. The lowest BCUT2D eigenvalue weighted by molar-refractivity contribution is -0.142. The van der Waals surface area contributed by atoms with E-state index in [1.54, 1.807) is 26.2 Å². The van der Waals surface area contributed by atoms with E-state index < -0.39 is 6.04 Å². The van der Waals surface area contributed by atoms with Gasteiger partial charge in [0.05, 0.1) is 7.11 Å². The van der Waals surface area contributed by atoms with Crippen molar-refractivity contribution in [2.45, 2.75) is 33.4 Å². The Morgan fingerprint density at radius 3 is 2.40 bits per heavy atom. The highest BCUT2D eigenvalue weighted by atomic mass is 79.9. The van der Waals surface area contributed by atoms with E-state index >= 15 is 0 Å². The number of benzene rings is 2. The van der Waals surface area contributed by atoms with Gasteiger partial charge in [0, 0.05) is 17.6 Å². The van der Waals surface area contributed by atoms with Crippen LogP contribution in [0.1, 0.15) is 26.3 Å². The van der Waals surface area contributed by atoms with Gasteiger partial charge in [-0.25, -0.2) is 0 Å². The molecular weight excluding hydrogens is 448 g/mol. The number of carbonyl (C=O) groups is 2. The molecule has 1 atom stereocenters. The molecule has 0 heterocycles. The van der Waals surface area contributed by atoms with Gasteiger partial charge in [-0.1, -0.05) is 41.9 Å². The van der Waals surface area contributed by atoms with Crippen LogP contribution < -0.4 is 14.8 Å². The van der Waals surface area contributed by atoms with E-state index in [2.05, 4.69) is 21.2 Å². The van der Waals surface area contributed by atoms with Crippen LogP contribution in [0.3, 0.4) is 0 Å². The summed E-state index contributed by atoms with van der Waals surface area (Å²) in [5.41, 5.74) is 0.870. The third-order valence-electron chi connectivity index (χ3n) is 4.51. The Balaban J connectivity index is 2.14. The van der Waals surface area contributed by atoms with Gasteiger partial charge < -0.3 is 19.7 Å². The largest absolute Gasteiger partial charge is 0.497 e. The maximum Gasteiger partial charge on any atom is 0.261 e. The van der Waals surface area contributed by atoms with Crippen LogP contribution in [0.5, 0.6) is 11.5 Å². The zero-order valence-electron chi connectivity index (χ0n) is 17.9. The lowest BCUT2D eigenvalue weighted by Crippen LogP contribution is -2.49. The highest BCUT2D eigenvalue weighted by Crippen LogP contribution is 2.18. The Bertz CT molecular complexity index is 839. The lowest BCUT2D eigenvalue weighted by Gasteiger charge is -2.29. The van der Waals surface area contributed by atoms with Gasteiger partial charge in [-0.05, 0) is 54.8 Å². The normalized spacial score (nSPS) is 11.7. The average molecular weight is 477 g/mol. The Kier molecular flexibility index (Phi) is 9.17. The SMILES string of the molecule is COc1cccc(CN(C(=O)COc2ccc(Br)cc2)C(C)C(=O)NCC(C)C)c1. The number of hydrogen-bond donors (Lipinski definition) is 1. The molecule has 0 aliphatic heterocycles. The molecule has 0 fully saturated rings. The van der Waals surface area contributed by atoms with Crippen LogP contribution in [0.4, 0.5) is 0 Å². The molecule has 0 radical (unpaired) electrons. The fourth-order valence-corrected chi connectivity index (χ4v) is 3.03. The molecule has 2 rings (SSSR count). The second-order valence-corrected chi connectivity index (χ2v) is 8.35. The molecule has 1 unspecified atom stereocenters. The Hall–Kier alpha value is -2.54. The molecule has 0 saturated heterocycles. The van der Waals surface area contributed by atoms with E-state index in [0.29, 0.717) is 24.0 Å². The molecular formula is C23H29BrN2O4. The summed E-state index contributed by atoms with van der Waals surface area (Å²) >= 11 is 3.37. The average Bonchev–Trinajstić information content (AvgIpc) is 2.74. The molecule has 1 N–H and O–H groups in total. The number of carbonyl (C=O) groups excluding carboxylic acids is 2. The van der Waals surface area contributed by atoms with Crippen LogP contribution in [0.25, 0.3) is 0 Å². The van der Waals surface area contributed by atoms with Gasteiger partial charge in [0.1, 0.15) is 17.5 Å². The fraction of sp³-hybridized carbons (Fsp3) is 0.391. The van der Waals surface area contributed by atoms with Crippen LogP contribution in [0.2, 0.25) is 0 Å². The molecule has 0 aliphatic carbocycles. The predicted octanol–water partition coefficient (Wildman–Crippen LogP) is 4.03. The molecule has 2 aromatic rings. The summed E-state index contributed by atoms with van der Waals surface area (Å²) in [6.45, 7) is 6.45. The highest BCUT2D eigenvalue weighted by molar-refractivity contribution is 9.10. The van der Waals surface area contributed by atoms with Gasteiger partial charge >= 0.3 is 0 Å². The summed E-state index contributed by atoms with van der Waals surface area (Å²) in [7, 11) is 1.59. The smallest absolute Gasteiger partial charge is 0.261 e. The maximum absolute atomic E-state index is 13.0. The van der Waals surface area contributed by atoms with Crippen molar-refractivity contribution in [3.8, 4) is 11.5 Å². The van der Waals surface area contributed by atoms with Gasteiger partial charge in [-0.15, -0.1) is 0 Å². The fourth-order valence-electron chi connectivity index (χ4n) is 2.76. The molecule has 7 heteroatoms. The number of halogens is 1. The van der Waals surface area contributed by atoms with Crippen molar-refractivity contribution in [3.05, 3.63) is 58.6 Å². The van der Waals surface area contributed by atoms with Crippen molar-refractivity contribution in [1.29, 1.82) is 0 Å². The number of methoxy groups -OCH3 is 1. The summed E-state index contributed by atoms with van der Waals surface area (Å²) in [6.07, 6.45) is 0. The first kappa shape index (κ1) is 23.7. The second kappa shape index (κ2) is 11.6. The van der Waals surface area contributed by atoms with E-state index in [0.717, 1.165) is 10.0 Å². The van der Waals surface area contributed by atoms with Crippen LogP contribution >= 0.6 is 15.9 Å². The first-order chi connectivity index (χ1) is 14.3. The number of ether oxygens (including phenoxy) is 2. The molecule has 0 spiro atoms. The Morgan fingerprint density at radius 1 is 1.07 bits per heavy atom. The predicted molar refractivity (Wildman–Crippen MR) is 120 cm³/mol. The minimum absolute atomic E-state index is 0.159. The maximum atomic E-state index is 13.0. The first-order valence-corrected chi connectivity index (χ1v) is 10.7. The quantitative estimate of drug-likeness (QED) is 0.561. The molecule has 0 aromatic heterocycles. The second-order valence-electron chi connectivity index (χ2n) is 7.43. The third-order valence-corrected chi connectivity index (χ3v) is 5.04. The Morgan fingerprint density at radius 2 is 1.77 bits per heavy atom. The van der Waals surface area contributed by atoms with Gasteiger partial charge in [-0.3, -0.25) is 9.59 Å². The Labute approximate surface area is 186 Å². The van der Waals surface area contributed by atoms with Crippen molar-refractivity contribution >= 4 is 27.7 Å². The molecule has 2 aromatic carbocycles. The number of nitrogens with zero attached hydrogens (tertiary/aromatic N) is 1. The van der Waals surface area contributed by atoms with Crippen molar-refractivity contribution in [2.75, 3.05) is 20.3 Å². The van der Waals surface area contributed by atoms with E-state index in [1.807, 2.05) is 50.2 Å². The number of nitrogens with one attached hydrogen (secondary N) is 1. The zero-order chi connectivity index (χ0) is 22.1. The van der Waals surface area contributed by atoms with Crippen LogP contribution in [0, 0.1) is 5.92 Å². The van der Waals surface area contributed by atoms with E-state index in [1.165, 1.54) is 4.90 Å². The van der Waals surface area contributed by atoms with Crippen molar-refractivity contribution in [3.63, 3.8) is 0 Å². The van der Waals surface area contributed by atoms with Crippen molar-refractivity contribution in [1.82, 2.24) is 10.2 Å². The number of rotatable bonds is 10. The van der Waals surface area contributed by atoms with Crippen molar-refractivity contribution < 1.29 is 19.1 Å². The van der Waals surface area contributed by atoms with E-state index in [-0.39, 0.29) is 25.0 Å². The summed E-state index contributed by atoms with van der Waals surface area (Å²) in [4.78, 5) is 27.2. The molecule has 0 aliphatic rings. The minimum Gasteiger partial charge on any atom is -0.497 e. The van der Waals surface area contributed by atoms with Crippen LogP contribution in [0.15, 0.2) is 53.0 Å². The summed E-state index contributed by atoms with van der Waals surface area (Å²) in [5.74, 6) is 1.15. The summed E-state index contributed by atoms with van der Waals surface area (Å²) in [6, 6.07) is 14.1. The zero-order valence-corrected chi connectivity index (χ0v) is 19.4. The molecule has 162 valence electrons. The molecule has 30 heavy (non-hydrogen) atoms. The van der Waals surface area contributed by atoms with Gasteiger partial charge in [0.2, 0.25) is 5.91 Å². The summed E-state index contributed by atoms with van der Waals surface area (Å²) < 4.78 is 11.8. The van der Waals surface area contributed by atoms with Crippen LogP contribution in [-0.4, -0.2) is 43.0 Å². The van der Waals surface area contributed by atoms with Gasteiger partial charge in [-0.2, -0.15) is 0 Å². The first-order valence-electron chi connectivity index (χ1n) is 9.88.